The largest absolute Gasteiger partial charge is 0.486 e. The Kier molecular flexibility index (Phi) is 4.71. The van der Waals surface area contributed by atoms with Crippen LogP contribution in [0.2, 0.25) is 0 Å². The molecule has 2 amide bonds. The lowest BCUT2D eigenvalue weighted by Gasteiger charge is -2.19. The van der Waals surface area contributed by atoms with E-state index in [1.54, 1.807) is 18.2 Å². The van der Waals surface area contributed by atoms with Gasteiger partial charge in [0.25, 0.3) is 0 Å². The highest BCUT2D eigenvalue weighted by molar-refractivity contribution is 5.99. The van der Waals surface area contributed by atoms with Gasteiger partial charge in [-0.25, -0.2) is 0 Å². The minimum absolute atomic E-state index is 0.0705. The van der Waals surface area contributed by atoms with Crippen LogP contribution in [0.3, 0.4) is 0 Å². The Hall–Kier alpha value is -3.02. The molecule has 1 aliphatic carbocycles. The van der Waals surface area contributed by atoms with Crippen molar-refractivity contribution in [3.05, 3.63) is 53.6 Å². The van der Waals surface area contributed by atoms with E-state index >= 15 is 0 Å². The van der Waals surface area contributed by atoms with Crippen LogP contribution in [0.4, 0.5) is 5.69 Å². The Labute approximate surface area is 157 Å². The molecule has 2 unspecified atom stereocenters. The fourth-order valence-corrected chi connectivity index (χ4v) is 3.27. The van der Waals surface area contributed by atoms with Gasteiger partial charge in [0.2, 0.25) is 11.8 Å². The molecule has 1 saturated carbocycles. The summed E-state index contributed by atoms with van der Waals surface area (Å²) in [4.78, 5) is 24.7. The topological polar surface area (TPSA) is 76.7 Å². The highest BCUT2D eigenvalue weighted by Gasteiger charge is 2.47. The SMILES string of the molecule is Cc1cccc(CNC(=O)C2CC2C(=O)Nc2ccc3c(c2)OCCO3)c1. The maximum atomic E-state index is 12.4. The Morgan fingerprint density at radius 1 is 1.00 bits per heavy atom. The fourth-order valence-electron chi connectivity index (χ4n) is 3.27. The fraction of sp³-hybridized carbons (Fsp3) is 0.333. The second-order valence-corrected chi connectivity index (χ2v) is 7.00. The van der Waals surface area contributed by atoms with Crippen molar-refractivity contribution in [1.29, 1.82) is 0 Å². The van der Waals surface area contributed by atoms with Crippen LogP contribution in [-0.2, 0) is 16.1 Å². The number of hydrogen-bond donors (Lipinski definition) is 2. The van der Waals surface area contributed by atoms with Crippen LogP contribution in [0.5, 0.6) is 11.5 Å². The number of aryl methyl sites for hydroxylation is 1. The summed E-state index contributed by atoms with van der Waals surface area (Å²) in [5.74, 6) is 0.560. The first-order valence-electron chi connectivity index (χ1n) is 9.14. The Bertz CT molecular complexity index is 880. The quantitative estimate of drug-likeness (QED) is 0.853. The van der Waals surface area contributed by atoms with Crippen LogP contribution in [-0.4, -0.2) is 25.0 Å². The lowest BCUT2D eigenvalue weighted by molar-refractivity contribution is -0.125. The third-order valence-electron chi connectivity index (χ3n) is 4.82. The molecule has 0 bridgehead atoms. The van der Waals surface area contributed by atoms with E-state index in [9.17, 15) is 9.59 Å². The molecule has 0 radical (unpaired) electrons. The predicted molar refractivity (Wildman–Crippen MR) is 101 cm³/mol. The van der Waals surface area contributed by atoms with Crippen molar-refractivity contribution < 1.29 is 19.1 Å². The number of hydrogen-bond acceptors (Lipinski definition) is 4. The number of carbonyl (C=O) groups is 2. The van der Waals surface area contributed by atoms with Crippen molar-refractivity contribution in [3.63, 3.8) is 0 Å². The van der Waals surface area contributed by atoms with Gasteiger partial charge in [-0.3, -0.25) is 9.59 Å². The van der Waals surface area contributed by atoms with Gasteiger partial charge in [0.1, 0.15) is 13.2 Å². The second-order valence-electron chi connectivity index (χ2n) is 7.00. The summed E-state index contributed by atoms with van der Waals surface area (Å²) in [5.41, 5.74) is 2.86. The maximum absolute atomic E-state index is 12.4. The number of anilines is 1. The summed E-state index contributed by atoms with van der Waals surface area (Å²) < 4.78 is 11.0. The lowest BCUT2D eigenvalue weighted by Crippen LogP contribution is -2.27. The number of nitrogens with one attached hydrogen (secondary N) is 2. The Morgan fingerprint density at radius 2 is 1.78 bits per heavy atom. The Morgan fingerprint density at radius 3 is 2.59 bits per heavy atom. The molecule has 1 fully saturated rings. The predicted octanol–water partition coefficient (Wildman–Crippen LogP) is 2.66. The molecule has 2 N–H and O–H groups in total. The molecule has 2 atom stereocenters. The normalized spacial score (nSPS) is 19.9. The Balaban J connectivity index is 1.29. The number of carbonyl (C=O) groups excluding carboxylic acids is 2. The third kappa shape index (κ3) is 4.05. The van der Waals surface area contributed by atoms with Gasteiger partial charge in [-0.05, 0) is 31.0 Å². The van der Waals surface area contributed by atoms with Crippen molar-refractivity contribution >= 4 is 17.5 Å². The molecule has 6 heteroatoms. The minimum atomic E-state index is -0.282. The number of amides is 2. The summed E-state index contributed by atoms with van der Waals surface area (Å²) in [6, 6.07) is 13.3. The van der Waals surface area contributed by atoms with Gasteiger partial charge < -0.3 is 20.1 Å². The molecule has 0 spiro atoms. The molecule has 2 aromatic rings. The van der Waals surface area contributed by atoms with E-state index in [0.29, 0.717) is 43.4 Å². The lowest BCUT2D eigenvalue weighted by atomic mass is 10.1. The first kappa shape index (κ1) is 17.4. The monoisotopic (exact) mass is 366 g/mol. The smallest absolute Gasteiger partial charge is 0.228 e. The summed E-state index contributed by atoms with van der Waals surface area (Å²) in [6.07, 6.45) is 0.579. The van der Waals surface area contributed by atoms with Crippen LogP contribution in [0, 0.1) is 18.8 Å². The van der Waals surface area contributed by atoms with E-state index in [1.165, 1.54) is 0 Å². The van der Waals surface area contributed by atoms with Crippen LogP contribution >= 0.6 is 0 Å². The van der Waals surface area contributed by atoms with Crippen molar-refractivity contribution in [2.24, 2.45) is 11.8 Å². The molecule has 2 aliphatic rings. The average Bonchev–Trinajstić information content (AvgIpc) is 3.47. The average molecular weight is 366 g/mol. The zero-order chi connectivity index (χ0) is 18.8. The number of rotatable bonds is 5. The molecule has 0 saturated heterocycles. The first-order valence-corrected chi connectivity index (χ1v) is 9.14. The van der Waals surface area contributed by atoms with E-state index in [-0.39, 0.29) is 23.7 Å². The van der Waals surface area contributed by atoms with Crippen LogP contribution in [0.1, 0.15) is 17.5 Å². The van der Waals surface area contributed by atoms with Crippen LogP contribution in [0.25, 0.3) is 0 Å². The van der Waals surface area contributed by atoms with Crippen LogP contribution in [0.15, 0.2) is 42.5 Å². The zero-order valence-electron chi connectivity index (χ0n) is 15.2. The standard InChI is InChI=1S/C21H22N2O4/c1-13-3-2-4-14(9-13)12-22-20(24)16-11-17(16)21(25)23-15-5-6-18-19(10-15)27-8-7-26-18/h2-6,9-10,16-17H,7-8,11-12H2,1H3,(H,22,24)(H,23,25). The van der Waals surface area contributed by atoms with Gasteiger partial charge in [-0.1, -0.05) is 29.8 Å². The van der Waals surface area contributed by atoms with E-state index in [1.807, 2.05) is 31.2 Å². The first-order chi connectivity index (χ1) is 13.1. The summed E-state index contributed by atoms with van der Waals surface area (Å²) in [6.45, 7) is 3.52. The van der Waals surface area contributed by atoms with Gasteiger partial charge in [-0.2, -0.15) is 0 Å². The van der Waals surface area contributed by atoms with Crippen molar-refractivity contribution in [3.8, 4) is 11.5 Å². The van der Waals surface area contributed by atoms with Gasteiger partial charge >= 0.3 is 0 Å². The summed E-state index contributed by atoms with van der Waals surface area (Å²) in [5, 5.41) is 5.79. The van der Waals surface area contributed by atoms with Crippen molar-refractivity contribution in [2.45, 2.75) is 19.9 Å². The molecular formula is C21H22N2O4. The molecule has 27 heavy (non-hydrogen) atoms. The number of ether oxygens (including phenoxy) is 2. The number of benzene rings is 2. The molecule has 6 nitrogen and oxygen atoms in total. The molecule has 1 heterocycles. The zero-order valence-corrected chi connectivity index (χ0v) is 15.2. The van der Waals surface area contributed by atoms with E-state index in [2.05, 4.69) is 10.6 Å². The maximum Gasteiger partial charge on any atom is 0.228 e. The molecule has 140 valence electrons. The van der Waals surface area contributed by atoms with Gasteiger partial charge in [0.05, 0.1) is 11.8 Å². The summed E-state index contributed by atoms with van der Waals surface area (Å²) in [7, 11) is 0. The second kappa shape index (κ2) is 7.31. The molecule has 2 aromatic carbocycles. The third-order valence-corrected chi connectivity index (χ3v) is 4.82. The van der Waals surface area contributed by atoms with Crippen molar-refractivity contribution in [2.75, 3.05) is 18.5 Å². The molecule has 4 rings (SSSR count). The number of fused-ring (bicyclic) bond motifs is 1. The van der Waals surface area contributed by atoms with Crippen LogP contribution < -0.4 is 20.1 Å². The van der Waals surface area contributed by atoms with Gasteiger partial charge in [0.15, 0.2) is 11.5 Å². The van der Waals surface area contributed by atoms with E-state index in [4.69, 9.17) is 9.47 Å². The minimum Gasteiger partial charge on any atom is -0.486 e. The van der Waals surface area contributed by atoms with Gasteiger partial charge in [-0.15, -0.1) is 0 Å². The van der Waals surface area contributed by atoms with E-state index in [0.717, 1.165) is 11.1 Å². The van der Waals surface area contributed by atoms with E-state index < -0.39 is 0 Å². The molecule has 1 aliphatic heterocycles. The molecular weight excluding hydrogens is 344 g/mol. The van der Waals surface area contributed by atoms with Gasteiger partial charge in [0, 0.05) is 18.3 Å². The molecule has 0 aromatic heterocycles. The highest BCUT2D eigenvalue weighted by Crippen LogP contribution is 2.40. The summed E-state index contributed by atoms with van der Waals surface area (Å²) >= 11 is 0. The van der Waals surface area contributed by atoms with Crippen molar-refractivity contribution in [1.82, 2.24) is 5.32 Å². The highest BCUT2D eigenvalue weighted by atomic mass is 16.6.